The number of ether oxygens (including phenoxy) is 2. The van der Waals surface area contributed by atoms with Gasteiger partial charge in [-0.2, -0.15) is 0 Å². The fraction of sp³-hybridized carbons (Fsp3) is 0.562. The first-order valence-electron chi connectivity index (χ1n) is 7.16. The van der Waals surface area contributed by atoms with Crippen molar-refractivity contribution in [2.24, 2.45) is 5.92 Å². The first kappa shape index (κ1) is 15.6. The number of methoxy groups -OCH3 is 1. The van der Waals surface area contributed by atoms with Gasteiger partial charge in [-0.3, -0.25) is 4.79 Å². The maximum Gasteiger partial charge on any atom is 0.306 e. The monoisotopic (exact) mass is 294 g/mol. The molecule has 0 saturated heterocycles. The second kappa shape index (κ2) is 6.35. The molecule has 1 aliphatic carbocycles. The van der Waals surface area contributed by atoms with Gasteiger partial charge in [0, 0.05) is 0 Å². The molecule has 5 heteroatoms. The van der Waals surface area contributed by atoms with Crippen LogP contribution in [0.2, 0.25) is 0 Å². The van der Waals surface area contributed by atoms with E-state index in [9.17, 15) is 9.90 Å². The van der Waals surface area contributed by atoms with Crippen molar-refractivity contribution in [3.8, 4) is 11.5 Å². The lowest BCUT2D eigenvalue weighted by molar-refractivity contribution is -0.145. The van der Waals surface area contributed by atoms with Crippen LogP contribution in [0.15, 0.2) is 18.2 Å². The van der Waals surface area contributed by atoms with Gasteiger partial charge in [0.25, 0.3) is 0 Å². The molecule has 0 radical (unpaired) electrons. The van der Waals surface area contributed by atoms with E-state index in [1.54, 1.807) is 7.11 Å². The van der Waals surface area contributed by atoms with Crippen LogP contribution in [0.3, 0.4) is 0 Å². The van der Waals surface area contributed by atoms with Crippen molar-refractivity contribution >= 4 is 5.97 Å². The molecule has 1 aliphatic rings. The molecule has 0 amide bonds. The number of aryl methyl sites for hydroxylation is 1. The molecule has 0 atom stereocenters. The standard InChI is InChI=1S/C16H22O5/c1-11-3-4-13(14(9-11)20-2)21-10-16(19)7-5-12(6-8-16)15(17)18/h3-4,9,12,19H,5-8,10H2,1-2H3,(H,17,18). The smallest absolute Gasteiger partial charge is 0.306 e. The second-order valence-corrected chi connectivity index (χ2v) is 5.78. The van der Waals surface area contributed by atoms with Crippen LogP contribution in [0.1, 0.15) is 31.2 Å². The van der Waals surface area contributed by atoms with Gasteiger partial charge < -0.3 is 19.7 Å². The molecule has 1 aromatic rings. The average molecular weight is 294 g/mol. The summed E-state index contributed by atoms with van der Waals surface area (Å²) in [6.07, 6.45) is 1.86. The van der Waals surface area contributed by atoms with Gasteiger partial charge in [-0.15, -0.1) is 0 Å². The summed E-state index contributed by atoms with van der Waals surface area (Å²) < 4.78 is 11.0. The molecule has 21 heavy (non-hydrogen) atoms. The summed E-state index contributed by atoms with van der Waals surface area (Å²) in [6, 6.07) is 5.62. The minimum Gasteiger partial charge on any atom is -0.493 e. The summed E-state index contributed by atoms with van der Waals surface area (Å²) >= 11 is 0. The van der Waals surface area contributed by atoms with E-state index in [2.05, 4.69) is 0 Å². The maximum absolute atomic E-state index is 10.9. The minimum atomic E-state index is -0.957. The predicted molar refractivity (Wildman–Crippen MR) is 77.8 cm³/mol. The van der Waals surface area contributed by atoms with E-state index >= 15 is 0 Å². The van der Waals surface area contributed by atoms with Crippen LogP contribution in [-0.2, 0) is 4.79 Å². The lowest BCUT2D eigenvalue weighted by atomic mass is 9.79. The van der Waals surface area contributed by atoms with Gasteiger partial charge >= 0.3 is 5.97 Å². The summed E-state index contributed by atoms with van der Waals surface area (Å²) in [5, 5.41) is 19.5. The zero-order chi connectivity index (χ0) is 15.5. The number of rotatable bonds is 5. The van der Waals surface area contributed by atoms with Gasteiger partial charge in [0.2, 0.25) is 0 Å². The molecule has 0 aliphatic heterocycles. The molecule has 0 unspecified atom stereocenters. The Hall–Kier alpha value is -1.75. The Balaban J connectivity index is 1.95. The molecule has 0 spiro atoms. The third-order valence-electron chi connectivity index (χ3n) is 4.08. The van der Waals surface area contributed by atoms with Crippen molar-refractivity contribution in [1.29, 1.82) is 0 Å². The Labute approximate surface area is 124 Å². The molecular weight excluding hydrogens is 272 g/mol. The molecule has 2 N–H and O–H groups in total. The normalized spacial score (nSPS) is 25.4. The van der Waals surface area contributed by atoms with Gasteiger partial charge in [0.1, 0.15) is 6.61 Å². The lowest BCUT2D eigenvalue weighted by Gasteiger charge is -2.34. The molecule has 0 aromatic heterocycles. The Morgan fingerprint density at radius 3 is 2.57 bits per heavy atom. The van der Waals surface area contributed by atoms with Crippen molar-refractivity contribution < 1.29 is 24.5 Å². The molecule has 1 fully saturated rings. The maximum atomic E-state index is 10.9. The molecule has 5 nitrogen and oxygen atoms in total. The zero-order valence-corrected chi connectivity index (χ0v) is 12.5. The number of aliphatic carboxylic acids is 1. The second-order valence-electron chi connectivity index (χ2n) is 5.78. The van der Waals surface area contributed by atoms with E-state index in [4.69, 9.17) is 14.6 Å². The Morgan fingerprint density at radius 1 is 1.33 bits per heavy atom. The molecule has 1 aromatic carbocycles. The first-order valence-corrected chi connectivity index (χ1v) is 7.16. The highest BCUT2D eigenvalue weighted by Crippen LogP contribution is 2.34. The number of aliphatic hydroxyl groups is 1. The highest BCUT2D eigenvalue weighted by molar-refractivity contribution is 5.70. The highest BCUT2D eigenvalue weighted by Gasteiger charge is 2.36. The number of benzene rings is 1. The summed E-state index contributed by atoms with van der Waals surface area (Å²) in [5.41, 5.74) is 0.113. The fourth-order valence-electron chi connectivity index (χ4n) is 2.65. The summed E-state index contributed by atoms with van der Waals surface area (Å²) in [5.74, 6) is 0.104. The van der Waals surface area contributed by atoms with Crippen molar-refractivity contribution in [3.05, 3.63) is 23.8 Å². The lowest BCUT2D eigenvalue weighted by Crippen LogP contribution is -2.41. The zero-order valence-electron chi connectivity index (χ0n) is 12.5. The largest absolute Gasteiger partial charge is 0.493 e. The van der Waals surface area contributed by atoms with Gasteiger partial charge in [0.05, 0.1) is 18.6 Å². The van der Waals surface area contributed by atoms with E-state index < -0.39 is 11.6 Å². The minimum absolute atomic E-state index is 0.152. The molecule has 2 rings (SSSR count). The van der Waals surface area contributed by atoms with Crippen LogP contribution < -0.4 is 9.47 Å². The molecule has 0 bridgehead atoms. The number of hydrogen-bond acceptors (Lipinski definition) is 4. The topological polar surface area (TPSA) is 76.0 Å². The van der Waals surface area contributed by atoms with Crippen LogP contribution in [0.25, 0.3) is 0 Å². The Bertz CT molecular complexity index is 503. The quantitative estimate of drug-likeness (QED) is 0.872. The van der Waals surface area contributed by atoms with Gasteiger partial charge in [0.15, 0.2) is 11.5 Å². The van der Waals surface area contributed by atoms with Crippen molar-refractivity contribution in [1.82, 2.24) is 0 Å². The number of hydrogen-bond donors (Lipinski definition) is 2. The van der Waals surface area contributed by atoms with Gasteiger partial charge in [-0.25, -0.2) is 0 Å². The average Bonchev–Trinajstić information content (AvgIpc) is 2.46. The van der Waals surface area contributed by atoms with Crippen molar-refractivity contribution in [3.63, 3.8) is 0 Å². The van der Waals surface area contributed by atoms with Gasteiger partial charge in [-0.05, 0) is 50.3 Å². The van der Waals surface area contributed by atoms with E-state index in [1.807, 2.05) is 25.1 Å². The number of carbonyl (C=O) groups is 1. The fourth-order valence-corrected chi connectivity index (χ4v) is 2.65. The van der Waals surface area contributed by atoms with Crippen LogP contribution in [0.5, 0.6) is 11.5 Å². The molecular formula is C16H22O5. The van der Waals surface area contributed by atoms with E-state index in [0.29, 0.717) is 37.2 Å². The van der Waals surface area contributed by atoms with Crippen LogP contribution in [0, 0.1) is 12.8 Å². The molecule has 0 heterocycles. The number of carboxylic acids is 1. The van der Waals surface area contributed by atoms with Crippen molar-refractivity contribution in [2.45, 2.75) is 38.2 Å². The van der Waals surface area contributed by atoms with Crippen LogP contribution in [0.4, 0.5) is 0 Å². The first-order chi connectivity index (χ1) is 9.93. The number of carboxylic acid groups (broad SMARTS) is 1. The molecule has 116 valence electrons. The van der Waals surface area contributed by atoms with E-state index in [-0.39, 0.29) is 12.5 Å². The van der Waals surface area contributed by atoms with E-state index in [1.165, 1.54) is 0 Å². The van der Waals surface area contributed by atoms with Crippen LogP contribution in [-0.4, -0.2) is 35.5 Å². The van der Waals surface area contributed by atoms with E-state index in [0.717, 1.165) is 5.56 Å². The van der Waals surface area contributed by atoms with Crippen LogP contribution >= 0.6 is 0 Å². The SMILES string of the molecule is COc1cc(C)ccc1OCC1(O)CCC(C(=O)O)CC1. The third-order valence-corrected chi connectivity index (χ3v) is 4.08. The Kier molecular flexibility index (Phi) is 4.73. The summed E-state index contributed by atoms with van der Waals surface area (Å²) in [6.45, 7) is 2.12. The molecule has 1 saturated carbocycles. The van der Waals surface area contributed by atoms with Crippen molar-refractivity contribution in [2.75, 3.05) is 13.7 Å². The summed E-state index contributed by atoms with van der Waals surface area (Å²) in [7, 11) is 1.58. The third kappa shape index (κ3) is 3.88. The Morgan fingerprint density at radius 2 is 2.00 bits per heavy atom. The highest BCUT2D eigenvalue weighted by atomic mass is 16.5. The van der Waals surface area contributed by atoms with Gasteiger partial charge in [-0.1, -0.05) is 6.07 Å². The predicted octanol–water partition coefficient (Wildman–Crippen LogP) is 2.39. The summed E-state index contributed by atoms with van der Waals surface area (Å²) in [4.78, 5) is 10.9.